The Balaban J connectivity index is 1.66. The molecule has 0 bridgehead atoms. The van der Waals surface area contributed by atoms with Crippen molar-refractivity contribution < 1.29 is 13.2 Å². The van der Waals surface area contributed by atoms with E-state index in [1.807, 2.05) is 12.3 Å². The van der Waals surface area contributed by atoms with Crippen LogP contribution >= 0.6 is 11.3 Å². The Morgan fingerprint density at radius 1 is 1.36 bits per heavy atom. The molecule has 1 aromatic heterocycles. The first-order valence-electron chi connectivity index (χ1n) is 9.09. The number of hydrogen-bond acceptors (Lipinski definition) is 5. The lowest BCUT2D eigenvalue weighted by atomic mass is 9.93. The minimum atomic E-state index is -3.15. The number of sulfonamides is 1. The number of aromatic nitrogens is 1. The summed E-state index contributed by atoms with van der Waals surface area (Å²) in [6.07, 6.45) is 5.28. The highest BCUT2D eigenvalue weighted by Gasteiger charge is 2.41. The van der Waals surface area contributed by atoms with Crippen LogP contribution in [-0.4, -0.2) is 42.5 Å². The Bertz CT molecular complexity index is 715. The summed E-state index contributed by atoms with van der Waals surface area (Å²) in [6, 6.07) is 0. The van der Waals surface area contributed by atoms with Crippen LogP contribution in [0.3, 0.4) is 0 Å². The van der Waals surface area contributed by atoms with Crippen LogP contribution in [0.15, 0.2) is 5.38 Å². The van der Waals surface area contributed by atoms with Gasteiger partial charge in [-0.2, -0.15) is 0 Å². The van der Waals surface area contributed by atoms with E-state index in [0.717, 1.165) is 36.4 Å². The van der Waals surface area contributed by atoms with Gasteiger partial charge >= 0.3 is 0 Å². The van der Waals surface area contributed by atoms with E-state index in [2.05, 4.69) is 10.3 Å². The molecule has 2 fully saturated rings. The van der Waals surface area contributed by atoms with Crippen molar-refractivity contribution in [1.82, 2.24) is 14.6 Å². The van der Waals surface area contributed by atoms with Gasteiger partial charge in [-0.05, 0) is 39.5 Å². The maximum Gasteiger partial charge on any atom is 0.223 e. The fraction of sp³-hybridized carbons (Fsp3) is 0.765. The molecular formula is C17H27N3O3S2. The van der Waals surface area contributed by atoms with E-state index in [-0.39, 0.29) is 23.1 Å². The molecule has 140 valence electrons. The second-order valence-electron chi connectivity index (χ2n) is 7.15. The van der Waals surface area contributed by atoms with E-state index in [1.54, 1.807) is 18.3 Å². The van der Waals surface area contributed by atoms with Crippen LogP contribution < -0.4 is 5.32 Å². The summed E-state index contributed by atoms with van der Waals surface area (Å²) < 4.78 is 25.5. The van der Waals surface area contributed by atoms with Gasteiger partial charge in [0.05, 0.1) is 11.3 Å². The average molecular weight is 386 g/mol. The molecule has 3 rings (SSSR count). The van der Waals surface area contributed by atoms with Gasteiger partial charge in [0.25, 0.3) is 0 Å². The quantitative estimate of drug-likeness (QED) is 0.844. The summed E-state index contributed by atoms with van der Waals surface area (Å²) >= 11 is 1.63. The SMILES string of the molecule is CCS(=O)(=O)N1CCC(C(=O)NC2(c3nc(C)cs3)CCCC2)CC1. The largest absolute Gasteiger partial charge is 0.344 e. The molecule has 8 heteroatoms. The topological polar surface area (TPSA) is 79.4 Å². The van der Waals surface area contributed by atoms with Crippen molar-refractivity contribution in [2.45, 2.75) is 57.9 Å². The molecule has 25 heavy (non-hydrogen) atoms. The normalized spacial score (nSPS) is 22.2. The first kappa shape index (κ1) is 18.8. The fourth-order valence-corrected chi connectivity index (χ4v) is 6.01. The summed E-state index contributed by atoms with van der Waals surface area (Å²) in [5.74, 6) is 0.0706. The maximum absolute atomic E-state index is 12.9. The lowest BCUT2D eigenvalue weighted by Gasteiger charge is -2.34. The number of carbonyl (C=O) groups excluding carboxylic acids is 1. The molecule has 2 heterocycles. The monoisotopic (exact) mass is 385 g/mol. The number of piperidine rings is 1. The van der Waals surface area contributed by atoms with Crippen molar-refractivity contribution in [2.24, 2.45) is 5.92 Å². The highest BCUT2D eigenvalue weighted by molar-refractivity contribution is 7.89. The van der Waals surface area contributed by atoms with Crippen LogP contribution in [0.25, 0.3) is 0 Å². The van der Waals surface area contributed by atoms with Crippen LogP contribution in [0.1, 0.15) is 56.2 Å². The van der Waals surface area contributed by atoms with Crippen molar-refractivity contribution >= 4 is 27.3 Å². The molecule has 1 aliphatic heterocycles. The van der Waals surface area contributed by atoms with E-state index >= 15 is 0 Å². The summed E-state index contributed by atoms with van der Waals surface area (Å²) in [6.45, 7) is 4.53. The Hall–Kier alpha value is -0.990. The van der Waals surface area contributed by atoms with E-state index in [4.69, 9.17) is 0 Å². The predicted octanol–water partition coefficient (Wildman–Crippen LogP) is 2.40. The molecule has 0 radical (unpaired) electrons. The second-order valence-corrected chi connectivity index (χ2v) is 10.3. The second kappa shape index (κ2) is 7.32. The zero-order valence-electron chi connectivity index (χ0n) is 15.0. The molecule has 1 aliphatic carbocycles. The first-order chi connectivity index (χ1) is 11.9. The lowest BCUT2D eigenvalue weighted by molar-refractivity contribution is -0.128. The molecule has 1 aromatic rings. The molecule has 6 nitrogen and oxygen atoms in total. The van der Waals surface area contributed by atoms with Gasteiger partial charge in [-0.3, -0.25) is 4.79 Å². The predicted molar refractivity (Wildman–Crippen MR) is 98.9 cm³/mol. The van der Waals surface area contributed by atoms with Crippen molar-refractivity contribution in [1.29, 1.82) is 0 Å². The Labute approximate surface area is 154 Å². The molecule has 0 aromatic carbocycles. The van der Waals surface area contributed by atoms with Crippen LogP contribution in [0, 0.1) is 12.8 Å². The number of amides is 1. The zero-order valence-corrected chi connectivity index (χ0v) is 16.6. The summed E-state index contributed by atoms with van der Waals surface area (Å²) in [5, 5.41) is 6.35. The third kappa shape index (κ3) is 3.90. The Morgan fingerprint density at radius 3 is 2.52 bits per heavy atom. The minimum absolute atomic E-state index is 0.0586. The third-order valence-electron chi connectivity index (χ3n) is 5.43. The van der Waals surface area contributed by atoms with Crippen molar-refractivity contribution in [3.8, 4) is 0 Å². The maximum atomic E-state index is 12.9. The Kier molecular flexibility index (Phi) is 5.51. The van der Waals surface area contributed by atoms with Crippen molar-refractivity contribution in [3.05, 3.63) is 16.1 Å². The first-order valence-corrected chi connectivity index (χ1v) is 11.6. The number of carbonyl (C=O) groups is 1. The van der Waals surface area contributed by atoms with Gasteiger partial charge in [0.15, 0.2) is 0 Å². The highest BCUT2D eigenvalue weighted by Crippen LogP contribution is 2.40. The smallest absolute Gasteiger partial charge is 0.223 e. The number of rotatable bonds is 5. The summed E-state index contributed by atoms with van der Waals surface area (Å²) in [4.78, 5) is 17.5. The van der Waals surface area contributed by atoms with Gasteiger partial charge in [0, 0.05) is 30.1 Å². The number of aryl methyl sites for hydroxylation is 1. The van der Waals surface area contributed by atoms with Gasteiger partial charge in [0.1, 0.15) is 5.01 Å². The van der Waals surface area contributed by atoms with Crippen LogP contribution in [0.4, 0.5) is 0 Å². The molecule has 1 saturated heterocycles. The standard InChI is InChI=1S/C17H27N3O3S2/c1-3-25(22,23)20-10-6-14(7-11-20)15(21)19-17(8-4-5-9-17)16-18-13(2)12-24-16/h12,14H,3-11H2,1-2H3,(H,19,21). The van der Waals surface area contributed by atoms with Crippen molar-refractivity contribution in [3.63, 3.8) is 0 Å². The molecule has 1 saturated carbocycles. The molecule has 1 N–H and O–H groups in total. The van der Waals surface area contributed by atoms with E-state index in [9.17, 15) is 13.2 Å². The van der Waals surface area contributed by atoms with Crippen molar-refractivity contribution in [2.75, 3.05) is 18.8 Å². The van der Waals surface area contributed by atoms with Crippen LogP contribution in [-0.2, 0) is 20.4 Å². The molecule has 2 aliphatic rings. The number of nitrogens with one attached hydrogen (secondary N) is 1. The van der Waals surface area contributed by atoms with Crippen LogP contribution in [0.2, 0.25) is 0 Å². The van der Waals surface area contributed by atoms with Gasteiger partial charge in [-0.15, -0.1) is 11.3 Å². The minimum Gasteiger partial charge on any atom is -0.344 e. The van der Waals surface area contributed by atoms with Gasteiger partial charge < -0.3 is 5.32 Å². The number of thiazole rings is 1. The molecule has 0 spiro atoms. The van der Waals surface area contributed by atoms with Gasteiger partial charge in [0.2, 0.25) is 15.9 Å². The number of hydrogen-bond donors (Lipinski definition) is 1. The summed E-state index contributed by atoms with van der Waals surface area (Å²) in [7, 11) is -3.15. The fourth-order valence-electron chi connectivity index (χ4n) is 3.86. The number of nitrogens with zero attached hydrogens (tertiary/aromatic N) is 2. The third-order valence-corrected chi connectivity index (χ3v) is 8.48. The van der Waals surface area contributed by atoms with E-state index in [0.29, 0.717) is 25.9 Å². The van der Waals surface area contributed by atoms with Crippen LogP contribution in [0.5, 0.6) is 0 Å². The highest BCUT2D eigenvalue weighted by atomic mass is 32.2. The zero-order chi connectivity index (χ0) is 18.1. The van der Waals surface area contributed by atoms with E-state index in [1.165, 1.54) is 4.31 Å². The lowest BCUT2D eigenvalue weighted by Crippen LogP contribution is -2.49. The molecule has 0 unspecified atom stereocenters. The van der Waals surface area contributed by atoms with E-state index < -0.39 is 10.0 Å². The molecular weight excluding hydrogens is 358 g/mol. The summed E-state index contributed by atoms with van der Waals surface area (Å²) in [5.41, 5.74) is 0.682. The average Bonchev–Trinajstić information content (AvgIpc) is 3.25. The molecule has 1 amide bonds. The van der Waals surface area contributed by atoms with Gasteiger partial charge in [-0.25, -0.2) is 17.7 Å². The van der Waals surface area contributed by atoms with Gasteiger partial charge in [-0.1, -0.05) is 12.8 Å². The molecule has 0 atom stereocenters. The Morgan fingerprint density at radius 2 is 2.00 bits per heavy atom.